The third-order valence-corrected chi connectivity index (χ3v) is 5.23. The van der Waals surface area contributed by atoms with Gasteiger partial charge in [0.1, 0.15) is 23.8 Å². The van der Waals surface area contributed by atoms with Gasteiger partial charge >= 0.3 is 5.97 Å². The lowest BCUT2D eigenvalue weighted by Crippen LogP contribution is -2.30. The molecule has 0 aliphatic carbocycles. The number of rotatable bonds is 5. The van der Waals surface area contributed by atoms with Crippen LogP contribution >= 0.6 is 11.3 Å². The largest absolute Gasteiger partial charge is 0.456 e. The molecule has 2 heterocycles. The fraction of sp³-hybridized carbons (Fsp3) is 0.263. The quantitative estimate of drug-likeness (QED) is 0.657. The molecule has 0 aliphatic heterocycles. The molecule has 0 atom stereocenters. The number of thiophene rings is 1. The SMILES string of the molecule is Cc1cccc(C(=O)NCC(=O)OCc2nc3sc(C)c(C)c3c(=O)[nH]2)c1. The zero-order valence-corrected chi connectivity index (χ0v) is 16.0. The predicted octanol–water partition coefficient (Wildman–Crippen LogP) is 2.38. The molecule has 0 unspecified atom stereocenters. The molecule has 0 spiro atoms. The fourth-order valence-electron chi connectivity index (χ4n) is 2.61. The zero-order valence-electron chi connectivity index (χ0n) is 15.2. The molecule has 0 saturated heterocycles. The van der Waals surface area contributed by atoms with Crippen molar-refractivity contribution >= 4 is 33.4 Å². The highest BCUT2D eigenvalue weighted by atomic mass is 32.1. The molecule has 0 bridgehead atoms. The first-order valence-electron chi connectivity index (χ1n) is 8.34. The highest BCUT2D eigenvalue weighted by Crippen LogP contribution is 2.25. The molecule has 0 saturated carbocycles. The second kappa shape index (κ2) is 7.71. The number of hydrogen-bond donors (Lipinski definition) is 2. The molecule has 3 rings (SSSR count). The summed E-state index contributed by atoms with van der Waals surface area (Å²) in [4.78, 5) is 44.7. The molecule has 7 nitrogen and oxygen atoms in total. The van der Waals surface area contributed by atoms with E-state index in [0.29, 0.717) is 15.8 Å². The minimum atomic E-state index is -0.614. The van der Waals surface area contributed by atoms with Gasteiger partial charge in [-0.2, -0.15) is 0 Å². The lowest BCUT2D eigenvalue weighted by atomic mass is 10.1. The molecule has 1 amide bonds. The number of nitrogens with one attached hydrogen (secondary N) is 2. The van der Waals surface area contributed by atoms with Crippen molar-refractivity contribution in [1.82, 2.24) is 15.3 Å². The molecule has 2 N–H and O–H groups in total. The summed E-state index contributed by atoms with van der Waals surface area (Å²) in [6, 6.07) is 7.05. The number of amides is 1. The van der Waals surface area contributed by atoms with Gasteiger partial charge < -0.3 is 15.0 Å². The van der Waals surface area contributed by atoms with Gasteiger partial charge in [0.2, 0.25) is 0 Å². The summed E-state index contributed by atoms with van der Waals surface area (Å²) in [5.74, 6) is -0.697. The van der Waals surface area contributed by atoms with Gasteiger partial charge in [-0.05, 0) is 38.5 Å². The van der Waals surface area contributed by atoms with E-state index in [1.807, 2.05) is 26.8 Å². The third-order valence-electron chi connectivity index (χ3n) is 4.13. The minimum absolute atomic E-state index is 0.166. The number of ether oxygens (including phenoxy) is 1. The van der Waals surface area contributed by atoms with Crippen LogP contribution in [0.15, 0.2) is 29.1 Å². The topological polar surface area (TPSA) is 101 Å². The van der Waals surface area contributed by atoms with Gasteiger partial charge in [-0.1, -0.05) is 17.7 Å². The van der Waals surface area contributed by atoms with Gasteiger partial charge in [0.15, 0.2) is 0 Å². The van der Waals surface area contributed by atoms with Crippen LogP contribution in [0.2, 0.25) is 0 Å². The van der Waals surface area contributed by atoms with Crippen molar-refractivity contribution in [3.8, 4) is 0 Å². The first-order valence-corrected chi connectivity index (χ1v) is 9.16. The summed E-state index contributed by atoms with van der Waals surface area (Å²) in [6.07, 6.45) is 0. The minimum Gasteiger partial charge on any atom is -0.456 e. The van der Waals surface area contributed by atoms with E-state index >= 15 is 0 Å². The standard InChI is InChI=1S/C19H19N3O4S/c1-10-5-4-6-13(7-10)17(24)20-8-15(23)26-9-14-21-18(25)16-11(2)12(3)27-19(16)22-14/h4-7H,8-9H2,1-3H3,(H,20,24)(H,21,22,25). The zero-order chi connectivity index (χ0) is 19.6. The van der Waals surface area contributed by atoms with E-state index in [1.54, 1.807) is 18.2 Å². The predicted molar refractivity (Wildman–Crippen MR) is 103 cm³/mol. The molecule has 0 radical (unpaired) electrons. The molecule has 2 aromatic heterocycles. The van der Waals surface area contributed by atoms with E-state index in [-0.39, 0.29) is 30.4 Å². The second-order valence-electron chi connectivity index (χ2n) is 6.19. The summed E-state index contributed by atoms with van der Waals surface area (Å²) >= 11 is 1.43. The number of benzene rings is 1. The van der Waals surface area contributed by atoms with Crippen LogP contribution in [0.1, 0.15) is 32.2 Å². The lowest BCUT2D eigenvalue weighted by Gasteiger charge is -2.07. The van der Waals surface area contributed by atoms with Crippen LogP contribution in [0.3, 0.4) is 0 Å². The molecule has 140 valence electrons. The van der Waals surface area contributed by atoms with E-state index in [2.05, 4.69) is 15.3 Å². The molecule has 3 aromatic rings. The molecule has 0 aliphatic rings. The summed E-state index contributed by atoms with van der Waals surface area (Å²) in [5, 5.41) is 3.08. The maximum atomic E-state index is 12.2. The van der Waals surface area contributed by atoms with Crippen molar-refractivity contribution in [2.24, 2.45) is 0 Å². The summed E-state index contributed by atoms with van der Waals surface area (Å²) in [5.41, 5.74) is 2.09. The maximum absolute atomic E-state index is 12.2. The first kappa shape index (κ1) is 18.8. The van der Waals surface area contributed by atoms with Crippen LogP contribution in [-0.2, 0) is 16.1 Å². The maximum Gasteiger partial charge on any atom is 0.325 e. The summed E-state index contributed by atoms with van der Waals surface area (Å²) < 4.78 is 5.10. The molecule has 27 heavy (non-hydrogen) atoms. The van der Waals surface area contributed by atoms with Crippen molar-refractivity contribution in [1.29, 1.82) is 0 Å². The van der Waals surface area contributed by atoms with Gasteiger partial charge in [-0.15, -0.1) is 11.3 Å². The highest BCUT2D eigenvalue weighted by molar-refractivity contribution is 7.18. The van der Waals surface area contributed by atoms with Crippen LogP contribution < -0.4 is 10.9 Å². The number of aryl methyl sites for hydroxylation is 3. The molecule has 8 heteroatoms. The Morgan fingerprint density at radius 1 is 1.26 bits per heavy atom. The Kier molecular flexibility index (Phi) is 5.36. The average molecular weight is 385 g/mol. The second-order valence-corrected chi connectivity index (χ2v) is 7.39. The Bertz CT molecular complexity index is 1080. The number of esters is 1. The Labute approximate surface area is 159 Å². The van der Waals surface area contributed by atoms with Crippen LogP contribution in [0.4, 0.5) is 0 Å². The first-order chi connectivity index (χ1) is 12.8. The number of fused-ring (bicyclic) bond motifs is 1. The van der Waals surface area contributed by atoms with Crippen LogP contribution in [0.25, 0.3) is 10.2 Å². The van der Waals surface area contributed by atoms with Crippen molar-refractivity contribution in [3.05, 3.63) is 62.0 Å². The Balaban J connectivity index is 1.58. The number of aromatic amines is 1. The van der Waals surface area contributed by atoms with E-state index in [4.69, 9.17) is 4.74 Å². The summed E-state index contributed by atoms with van der Waals surface area (Å²) in [7, 11) is 0. The summed E-state index contributed by atoms with van der Waals surface area (Å²) in [6.45, 7) is 5.25. The van der Waals surface area contributed by atoms with E-state index in [0.717, 1.165) is 16.0 Å². The number of aromatic nitrogens is 2. The van der Waals surface area contributed by atoms with Gasteiger partial charge in [-0.3, -0.25) is 14.4 Å². The van der Waals surface area contributed by atoms with Crippen LogP contribution in [0, 0.1) is 20.8 Å². The van der Waals surface area contributed by atoms with E-state index in [1.165, 1.54) is 11.3 Å². The Hall–Kier alpha value is -3.00. The van der Waals surface area contributed by atoms with E-state index in [9.17, 15) is 14.4 Å². The van der Waals surface area contributed by atoms with Gasteiger partial charge in [0, 0.05) is 10.4 Å². The van der Waals surface area contributed by atoms with Crippen molar-refractivity contribution in [3.63, 3.8) is 0 Å². The Morgan fingerprint density at radius 2 is 2.04 bits per heavy atom. The number of hydrogen-bond acceptors (Lipinski definition) is 6. The fourth-order valence-corrected chi connectivity index (χ4v) is 3.66. The number of carbonyl (C=O) groups excluding carboxylic acids is 2. The number of carbonyl (C=O) groups is 2. The molecular weight excluding hydrogens is 366 g/mol. The monoisotopic (exact) mass is 385 g/mol. The Morgan fingerprint density at radius 3 is 2.78 bits per heavy atom. The van der Waals surface area contributed by atoms with E-state index < -0.39 is 5.97 Å². The van der Waals surface area contributed by atoms with Crippen molar-refractivity contribution in [2.75, 3.05) is 6.54 Å². The number of H-pyrrole nitrogens is 1. The highest BCUT2D eigenvalue weighted by Gasteiger charge is 2.13. The van der Waals surface area contributed by atoms with Gasteiger partial charge in [0.05, 0.1) is 5.39 Å². The molecule has 1 aromatic carbocycles. The third kappa shape index (κ3) is 4.22. The van der Waals surface area contributed by atoms with Gasteiger partial charge in [-0.25, -0.2) is 4.98 Å². The lowest BCUT2D eigenvalue weighted by molar-refractivity contribution is -0.143. The normalized spacial score (nSPS) is 10.8. The average Bonchev–Trinajstić information content (AvgIpc) is 2.92. The smallest absolute Gasteiger partial charge is 0.325 e. The molecular formula is C19H19N3O4S. The van der Waals surface area contributed by atoms with Crippen molar-refractivity contribution in [2.45, 2.75) is 27.4 Å². The van der Waals surface area contributed by atoms with Crippen molar-refractivity contribution < 1.29 is 14.3 Å². The van der Waals surface area contributed by atoms with Crippen LogP contribution in [0.5, 0.6) is 0 Å². The van der Waals surface area contributed by atoms with Crippen LogP contribution in [-0.4, -0.2) is 28.4 Å². The number of nitrogens with zero attached hydrogens (tertiary/aromatic N) is 1. The van der Waals surface area contributed by atoms with Gasteiger partial charge in [0.25, 0.3) is 11.5 Å². The molecule has 0 fully saturated rings.